The number of carboxylic acid groups (broad SMARTS) is 1. The van der Waals surface area contributed by atoms with Gasteiger partial charge in [-0.1, -0.05) is 17.4 Å². The molecule has 0 saturated carbocycles. The molecule has 25 heavy (non-hydrogen) atoms. The summed E-state index contributed by atoms with van der Waals surface area (Å²) in [6.45, 7) is 1.82. The number of carboxylic acids is 1. The monoisotopic (exact) mass is 354 g/mol. The molecule has 0 aliphatic rings. The number of rotatable bonds is 5. The van der Waals surface area contributed by atoms with Gasteiger partial charge in [0.25, 0.3) is 0 Å². The van der Waals surface area contributed by atoms with E-state index in [0.717, 1.165) is 16.9 Å². The number of benzene rings is 1. The number of hydrogen-bond acceptors (Lipinski definition) is 7. The molecule has 0 radical (unpaired) electrons. The van der Waals surface area contributed by atoms with Gasteiger partial charge in [0.1, 0.15) is 10.7 Å². The number of nitrogens with two attached hydrogens (primary N) is 1. The van der Waals surface area contributed by atoms with Crippen LogP contribution in [0.1, 0.15) is 31.2 Å². The summed E-state index contributed by atoms with van der Waals surface area (Å²) < 4.78 is 0. The lowest BCUT2D eigenvalue weighted by Gasteiger charge is -2.03. The van der Waals surface area contributed by atoms with E-state index >= 15 is 0 Å². The Kier molecular flexibility index (Phi) is 4.44. The van der Waals surface area contributed by atoms with E-state index in [9.17, 15) is 9.59 Å². The summed E-state index contributed by atoms with van der Waals surface area (Å²) in [6, 6.07) is 8.04. The Hall–Kier alpha value is -3.26. The summed E-state index contributed by atoms with van der Waals surface area (Å²) in [7, 11) is 0. The normalized spacial score (nSPS) is 10.4. The number of aryl methyl sites for hydroxylation is 1. The number of ketones is 1. The van der Waals surface area contributed by atoms with Crippen molar-refractivity contribution in [1.82, 2.24) is 9.97 Å². The highest BCUT2D eigenvalue weighted by Gasteiger charge is 2.20. The molecule has 3 rings (SSSR count). The summed E-state index contributed by atoms with van der Waals surface area (Å²) in [4.78, 5) is 32.1. The van der Waals surface area contributed by atoms with Crippen LogP contribution < -0.4 is 11.1 Å². The first kappa shape index (κ1) is 16.6. The maximum Gasteiger partial charge on any atom is 0.335 e. The lowest BCUT2D eigenvalue weighted by molar-refractivity contribution is 0.0696. The molecule has 7 nitrogen and oxygen atoms in total. The molecular weight excluding hydrogens is 340 g/mol. The SMILES string of the molecule is Cc1ccncc1C(=O)c1sc(Nc2cccc(C(=O)O)c2)nc1N. The van der Waals surface area contributed by atoms with Crippen molar-refractivity contribution < 1.29 is 14.7 Å². The molecule has 0 atom stereocenters. The topological polar surface area (TPSA) is 118 Å². The second-order valence-corrected chi connectivity index (χ2v) is 6.26. The third-order valence-corrected chi connectivity index (χ3v) is 4.49. The van der Waals surface area contributed by atoms with E-state index in [-0.39, 0.29) is 17.2 Å². The lowest BCUT2D eigenvalue weighted by Crippen LogP contribution is -2.05. The molecule has 0 unspecified atom stereocenters. The molecule has 2 aromatic heterocycles. The molecule has 0 spiro atoms. The first-order valence-corrected chi connectivity index (χ1v) is 8.09. The number of carbonyl (C=O) groups excluding carboxylic acids is 1. The van der Waals surface area contributed by atoms with Gasteiger partial charge in [0, 0.05) is 23.6 Å². The van der Waals surface area contributed by atoms with Crippen LogP contribution in [0.4, 0.5) is 16.6 Å². The van der Waals surface area contributed by atoms with Gasteiger partial charge in [-0.15, -0.1) is 0 Å². The predicted octanol–water partition coefficient (Wildman–Crippen LogP) is 3.10. The van der Waals surface area contributed by atoms with Gasteiger partial charge in [0.05, 0.1) is 5.56 Å². The van der Waals surface area contributed by atoms with Gasteiger partial charge in [-0.05, 0) is 36.8 Å². The van der Waals surface area contributed by atoms with E-state index in [4.69, 9.17) is 10.8 Å². The number of nitrogens with one attached hydrogen (secondary N) is 1. The zero-order valence-corrected chi connectivity index (χ0v) is 14.0. The standard InChI is InChI=1S/C17H14N4O3S/c1-9-5-6-19-8-12(9)13(22)14-15(18)21-17(25-14)20-11-4-2-3-10(7-11)16(23)24/h2-8H,18H2,1H3,(H,20,21)(H,23,24). The van der Waals surface area contributed by atoms with Crippen LogP contribution in [-0.2, 0) is 0 Å². The summed E-state index contributed by atoms with van der Waals surface area (Å²) in [5.41, 5.74) is 7.85. The smallest absolute Gasteiger partial charge is 0.335 e. The minimum absolute atomic E-state index is 0.121. The maximum absolute atomic E-state index is 12.6. The number of nitrogen functional groups attached to an aromatic ring is 1. The molecule has 0 aliphatic heterocycles. The number of nitrogens with zero attached hydrogens (tertiary/aromatic N) is 2. The third-order valence-electron chi connectivity index (χ3n) is 3.50. The van der Waals surface area contributed by atoms with Crippen molar-refractivity contribution in [3.8, 4) is 0 Å². The molecule has 0 fully saturated rings. The largest absolute Gasteiger partial charge is 0.478 e. The first-order valence-electron chi connectivity index (χ1n) is 7.27. The van der Waals surface area contributed by atoms with Crippen molar-refractivity contribution in [3.63, 3.8) is 0 Å². The van der Waals surface area contributed by atoms with Gasteiger partial charge in [-0.2, -0.15) is 0 Å². The van der Waals surface area contributed by atoms with Crippen molar-refractivity contribution >= 4 is 39.7 Å². The van der Waals surface area contributed by atoms with Gasteiger partial charge in [-0.3, -0.25) is 9.78 Å². The highest BCUT2D eigenvalue weighted by molar-refractivity contribution is 7.18. The van der Waals surface area contributed by atoms with E-state index in [1.165, 1.54) is 18.3 Å². The second-order valence-electron chi connectivity index (χ2n) is 5.26. The molecule has 0 saturated heterocycles. The summed E-state index contributed by atoms with van der Waals surface area (Å²) in [5.74, 6) is -1.15. The van der Waals surface area contributed by atoms with E-state index in [0.29, 0.717) is 21.3 Å². The Morgan fingerprint density at radius 3 is 2.80 bits per heavy atom. The van der Waals surface area contributed by atoms with E-state index in [1.807, 2.05) is 6.92 Å². The molecule has 4 N–H and O–H groups in total. The minimum atomic E-state index is -1.02. The lowest BCUT2D eigenvalue weighted by atomic mass is 10.1. The van der Waals surface area contributed by atoms with Crippen LogP contribution in [0.2, 0.25) is 0 Å². The number of pyridine rings is 1. The van der Waals surface area contributed by atoms with Crippen molar-refractivity contribution in [2.24, 2.45) is 0 Å². The van der Waals surface area contributed by atoms with Crippen LogP contribution in [0.5, 0.6) is 0 Å². The van der Waals surface area contributed by atoms with Crippen LogP contribution >= 0.6 is 11.3 Å². The van der Waals surface area contributed by atoms with Crippen LogP contribution in [0, 0.1) is 6.92 Å². The van der Waals surface area contributed by atoms with Crippen molar-refractivity contribution in [3.05, 3.63) is 64.3 Å². The highest BCUT2D eigenvalue weighted by Crippen LogP contribution is 2.30. The van der Waals surface area contributed by atoms with Crippen LogP contribution in [0.25, 0.3) is 0 Å². The molecule has 126 valence electrons. The maximum atomic E-state index is 12.6. The fourth-order valence-corrected chi connectivity index (χ4v) is 3.08. The number of hydrogen-bond donors (Lipinski definition) is 3. The van der Waals surface area contributed by atoms with Gasteiger partial charge in [0.15, 0.2) is 5.13 Å². The number of thiazole rings is 1. The second kappa shape index (κ2) is 6.70. The summed E-state index contributed by atoms with van der Waals surface area (Å²) in [6.07, 6.45) is 3.12. The molecule has 2 heterocycles. The molecule has 1 aromatic carbocycles. The summed E-state index contributed by atoms with van der Waals surface area (Å²) in [5, 5.41) is 12.4. The van der Waals surface area contributed by atoms with Gasteiger partial charge < -0.3 is 16.2 Å². The predicted molar refractivity (Wildman–Crippen MR) is 95.6 cm³/mol. The Morgan fingerprint density at radius 2 is 2.08 bits per heavy atom. The van der Waals surface area contributed by atoms with E-state index < -0.39 is 5.97 Å². The van der Waals surface area contributed by atoms with Gasteiger partial charge in [-0.25, -0.2) is 9.78 Å². The molecular formula is C17H14N4O3S. The Labute approximate surface area is 147 Å². The van der Waals surface area contributed by atoms with Crippen LogP contribution in [0.15, 0.2) is 42.7 Å². The average molecular weight is 354 g/mol. The first-order chi connectivity index (χ1) is 12.0. The minimum Gasteiger partial charge on any atom is -0.478 e. The molecule has 0 aliphatic carbocycles. The Morgan fingerprint density at radius 1 is 1.28 bits per heavy atom. The van der Waals surface area contributed by atoms with Crippen LogP contribution in [0.3, 0.4) is 0 Å². The summed E-state index contributed by atoms with van der Waals surface area (Å²) >= 11 is 1.11. The van der Waals surface area contributed by atoms with Crippen molar-refractivity contribution in [2.45, 2.75) is 6.92 Å². The van der Waals surface area contributed by atoms with Crippen LogP contribution in [-0.4, -0.2) is 26.8 Å². The van der Waals surface area contributed by atoms with E-state index in [2.05, 4.69) is 15.3 Å². The van der Waals surface area contributed by atoms with Gasteiger partial charge in [0.2, 0.25) is 5.78 Å². The molecule has 8 heteroatoms. The number of aromatic carboxylic acids is 1. The number of carbonyl (C=O) groups is 2. The Bertz CT molecular complexity index is 968. The fraction of sp³-hybridized carbons (Fsp3) is 0.0588. The molecule has 0 bridgehead atoms. The van der Waals surface area contributed by atoms with E-state index in [1.54, 1.807) is 24.4 Å². The zero-order chi connectivity index (χ0) is 18.0. The number of anilines is 3. The van der Waals surface area contributed by atoms with Crippen molar-refractivity contribution in [2.75, 3.05) is 11.1 Å². The zero-order valence-electron chi connectivity index (χ0n) is 13.2. The fourth-order valence-electron chi connectivity index (χ4n) is 2.23. The Balaban J connectivity index is 1.88. The third kappa shape index (κ3) is 3.48. The van der Waals surface area contributed by atoms with Gasteiger partial charge >= 0.3 is 5.97 Å². The molecule has 0 amide bonds. The highest BCUT2D eigenvalue weighted by atomic mass is 32.1. The molecule has 3 aromatic rings. The number of aromatic nitrogens is 2. The quantitative estimate of drug-likeness (QED) is 0.602. The average Bonchev–Trinajstić information content (AvgIpc) is 2.95. The van der Waals surface area contributed by atoms with Crippen molar-refractivity contribution in [1.29, 1.82) is 0 Å².